The van der Waals surface area contributed by atoms with Gasteiger partial charge in [-0.2, -0.15) is 0 Å². The number of carbonyl (C=O) groups excluding carboxylic acids is 1. The van der Waals surface area contributed by atoms with E-state index in [1.807, 2.05) is 0 Å². The molecule has 3 N–H and O–H groups in total. The molecule has 0 aliphatic heterocycles. The average molecular weight is 296 g/mol. The third-order valence-electron chi connectivity index (χ3n) is 2.29. The van der Waals surface area contributed by atoms with Crippen molar-refractivity contribution in [1.29, 1.82) is 0 Å². The van der Waals surface area contributed by atoms with Crippen molar-refractivity contribution in [2.24, 2.45) is 0 Å². The molecule has 1 rings (SSSR count). The highest BCUT2D eigenvalue weighted by molar-refractivity contribution is 5.88. The molecule has 8 heteroatoms. The summed E-state index contributed by atoms with van der Waals surface area (Å²) in [4.78, 5) is 30.1. The molecule has 0 aliphatic carbocycles. The molecule has 1 aromatic heterocycles. The molecule has 116 valence electrons. The Balaban J connectivity index is 2.38. The van der Waals surface area contributed by atoms with Crippen molar-refractivity contribution in [3.8, 4) is 0 Å². The summed E-state index contributed by atoms with van der Waals surface area (Å²) in [5.74, 6) is -0.755. The minimum Gasteiger partial charge on any atom is -0.478 e. The molecule has 0 fully saturated rings. The molecular weight excluding hydrogens is 276 g/mol. The Bertz CT molecular complexity index is 525. The lowest BCUT2D eigenvalue weighted by Crippen LogP contribution is -2.35. The van der Waals surface area contributed by atoms with Crippen LogP contribution in [0.15, 0.2) is 6.20 Å². The Morgan fingerprint density at radius 1 is 1.33 bits per heavy atom. The van der Waals surface area contributed by atoms with Crippen LogP contribution in [0.3, 0.4) is 0 Å². The minimum absolute atomic E-state index is 0.0624. The van der Waals surface area contributed by atoms with Crippen molar-refractivity contribution in [1.82, 2.24) is 15.3 Å². The van der Waals surface area contributed by atoms with Crippen LogP contribution in [-0.4, -0.2) is 45.8 Å². The molecule has 0 unspecified atom stereocenters. The molecule has 1 aromatic rings. The first kappa shape index (κ1) is 16.7. The van der Waals surface area contributed by atoms with Gasteiger partial charge in [0.15, 0.2) is 0 Å². The van der Waals surface area contributed by atoms with Gasteiger partial charge in [0.05, 0.1) is 11.3 Å². The molecule has 1 amide bonds. The highest BCUT2D eigenvalue weighted by atomic mass is 16.6. The molecule has 1 heterocycles. The van der Waals surface area contributed by atoms with Gasteiger partial charge in [-0.05, 0) is 27.7 Å². The number of nitrogens with zero attached hydrogens (tertiary/aromatic N) is 2. The molecule has 21 heavy (non-hydrogen) atoms. The van der Waals surface area contributed by atoms with Gasteiger partial charge in [0.2, 0.25) is 5.95 Å². The number of rotatable bonds is 5. The van der Waals surface area contributed by atoms with E-state index >= 15 is 0 Å². The number of alkyl carbamates (subject to hydrolysis) is 1. The van der Waals surface area contributed by atoms with Gasteiger partial charge in [-0.25, -0.2) is 19.6 Å². The zero-order valence-electron chi connectivity index (χ0n) is 12.6. The van der Waals surface area contributed by atoms with Crippen LogP contribution in [-0.2, 0) is 4.74 Å². The number of hydrogen-bond acceptors (Lipinski definition) is 6. The average Bonchev–Trinajstić information content (AvgIpc) is 2.32. The summed E-state index contributed by atoms with van der Waals surface area (Å²) >= 11 is 0. The van der Waals surface area contributed by atoms with Crippen molar-refractivity contribution in [2.75, 3.05) is 18.4 Å². The number of carboxylic acid groups (broad SMARTS) is 1. The molecular formula is C13H20N4O4. The summed E-state index contributed by atoms with van der Waals surface area (Å²) in [7, 11) is 0. The normalized spacial score (nSPS) is 10.9. The first-order valence-corrected chi connectivity index (χ1v) is 6.46. The minimum atomic E-state index is -1.06. The number of aryl methyl sites for hydroxylation is 1. The lowest BCUT2D eigenvalue weighted by molar-refractivity contribution is 0.0529. The monoisotopic (exact) mass is 296 g/mol. The van der Waals surface area contributed by atoms with E-state index in [4.69, 9.17) is 9.84 Å². The third-order valence-corrected chi connectivity index (χ3v) is 2.29. The van der Waals surface area contributed by atoms with Gasteiger partial charge in [0, 0.05) is 19.3 Å². The van der Waals surface area contributed by atoms with Gasteiger partial charge in [0.1, 0.15) is 5.60 Å². The van der Waals surface area contributed by atoms with Crippen LogP contribution in [0.4, 0.5) is 10.7 Å². The first-order valence-electron chi connectivity index (χ1n) is 6.46. The van der Waals surface area contributed by atoms with Crippen molar-refractivity contribution in [3.63, 3.8) is 0 Å². The maximum absolute atomic E-state index is 11.4. The molecule has 0 spiro atoms. The van der Waals surface area contributed by atoms with Crippen LogP contribution in [0.25, 0.3) is 0 Å². The zero-order valence-corrected chi connectivity index (χ0v) is 12.6. The summed E-state index contributed by atoms with van der Waals surface area (Å²) in [6.07, 6.45) is 0.747. The van der Waals surface area contributed by atoms with Gasteiger partial charge in [-0.3, -0.25) is 0 Å². The van der Waals surface area contributed by atoms with Crippen LogP contribution in [0, 0.1) is 6.92 Å². The predicted molar refractivity (Wildman–Crippen MR) is 76.5 cm³/mol. The summed E-state index contributed by atoms with van der Waals surface area (Å²) in [6.45, 7) is 7.67. The van der Waals surface area contributed by atoms with Crippen molar-refractivity contribution < 1.29 is 19.4 Å². The first-order chi connectivity index (χ1) is 9.69. The molecule has 0 aliphatic rings. The number of carbonyl (C=O) groups is 2. The molecule has 0 radical (unpaired) electrons. The lowest BCUT2D eigenvalue weighted by Gasteiger charge is -2.19. The second-order valence-electron chi connectivity index (χ2n) is 5.35. The summed E-state index contributed by atoms with van der Waals surface area (Å²) in [5.41, 5.74) is -0.0998. The largest absolute Gasteiger partial charge is 0.478 e. The molecule has 0 aromatic carbocycles. The smallest absolute Gasteiger partial charge is 0.407 e. The maximum Gasteiger partial charge on any atom is 0.407 e. The highest BCUT2D eigenvalue weighted by Crippen LogP contribution is 2.07. The Labute approximate surface area is 122 Å². The van der Waals surface area contributed by atoms with E-state index in [1.165, 1.54) is 6.20 Å². The fraction of sp³-hybridized carbons (Fsp3) is 0.538. The number of nitrogens with one attached hydrogen (secondary N) is 2. The van der Waals surface area contributed by atoms with Crippen molar-refractivity contribution >= 4 is 18.0 Å². The number of carboxylic acids is 1. The molecule has 8 nitrogen and oxygen atoms in total. The second kappa shape index (κ2) is 6.87. The zero-order chi connectivity index (χ0) is 16.0. The van der Waals surface area contributed by atoms with Crippen LogP contribution < -0.4 is 10.6 Å². The number of aromatic carboxylic acids is 1. The van der Waals surface area contributed by atoms with E-state index in [0.717, 1.165) is 0 Å². The van der Waals surface area contributed by atoms with Gasteiger partial charge >= 0.3 is 12.1 Å². The summed E-state index contributed by atoms with van der Waals surface area (Å²) < 4.78 is 5.08. The quantitative estimate of drug-likeness (QED) is 0.704. The van der Waals surface area contributed by atoms with E-state index < -0.39 is 17.7 Å². The summed E-state index contributed by atoms with van der Waals surface area (Å²) in [5, 5.41) is 14.3. The molecule has 0 bridgehead atoms. The third kappa shape index (κ3) is 6.07. The Kier molecular flexibility index (Phi) is 5.45. The SMILES string of the molecule is Cc1nc(NCCNC(=O)OC(C)(C)C)ncc1C(=O)O. The van der Waals surface area contributed by atoms with E-state index in [-0.39, 0.29) is 5.56 Å². The fourth-order valence-electron chi connectivity index (χ4n) is 1.42. The highest BCUT2D eigenvalue weighted by Gasteiger charge is 2.15. The number of aromatic nitrogens is 2. The molecule has 0 saturated heterocycles. The van der Waals surface area contributed by atoms with Gasteiger partial charge < -0.3 is 20.5 Å². The van der Waals surface area contributed by atoms with Crippen LogP contribution in [0.5, 0.6) is 0 Å². The fourth-order valence-corrected chi connectivity index (χ4v) is 1.42. The van der Waals surface area contributed by atoms with E-state index in [2.05, 4.69) is 20.6 Å². The summed E-state index contributed by atoms with van der Waals surface area (Å²) in [6, 6.07) is 0. The second-order valence-corrected chi connectivity index (χ2v) is 5.35. The van der Waals surface area contributed by atoms with Gasteiger partial charge in [-0.15, -0.1) is 0 Å². The Hall–Kier alpha value is -2.38. The van der Waals surface area contributed by atoms with Crippen LogP contribution in [0.2, 0.25) is 0 Å². The number of ether oxygens (including phenoxy) is 1. The predicted octanol–water partition coefficient (Wildman–Crippen LogP) is 1.42. The van der Waals surface area contributed by atoms with Gasteiger partial charge in [-0.1, -0.05) is 0 Å². The van der Waals surface area contributed by atoms with E-state index in [9.17, 15) is 9.59 Å². The van der Waals surface area contributed by atoms with E-state index in [0.29, 0.717) is 24.7 Å². The van der Waals surface area contributed by atoms with Crippen LogP contribution >= 0.6 is 0 Å². The molecule has 0 saturated carbocycles. The Morgan fingerprint density at radius 2 is 2.00 bits per heavy atom. The maximum atomic E-state index is 11.4. The topological polar surface area (TPSA) is 113 Å². The number of anilines is 1. The van der Waals surface area contributed by atoms with Crippen molar-refractivity contribution in [2.45, 2.75) is 33.3 Å². The molecule has 0 atom stereocenters. The lowest BCUT2D eigenvalue weighted by atomic mass is 10.2. The van der Waals surface area contributed by atoms with Gasteiger partial charge in [0.25, 0.3) is 0 Å². The Morgan fingerprint density at radius 3 is 2.52 bits per heavy atom. The van der Waals surface area contributed by atoms with Crippen molar-refractivity contribution in [3.05, 3.63) is 17.5 Å². The van der Waals surface area contributed by atoms with Crippen LogP contribution in [0.1, 0.15) is 36.8 Å². The number of amides is 1. The number of hydrogen-bond donors (Lipinski definition) is 3. The standard InChI is InChI=1S/C13H20N4O4/c1-8-9(10(18)19)7-16-11(17-8)14-5-6-15-12(20)21-13(2,3)4/h7H,5-6H2,1-4H3,(H,15,20)(H,18,19)(H,14,16,17). The van der Waals surface area contributed by atoms with E-state index in [1.54, 1.807) is 27.7 Å².